The Kier molecular flexibility index (Phi) is 6.97. The molecular weight excluding hydrogens is 260 g/mol. The maximum Gasteiger partial charge on any atom is 0.0558 e. The molecule has 2 rings (SSSR count). The smallest absolute Gasteiger partial charge is 0.0558 e. The molecule has 2 N–H and O–H groups in total. The molecule has 1 atom stereocenters. The molecule has 0 radical (unpaired) electrons. The molecule has 0 heterocycles. The molecule has 0 saturated heterocycles. The Morgan fingerprint density at radius 3 is 2.43 bits per heavy atom. The molecule has 2 aliphatic carbocycles. The highest BCUT2D eigenvalue weighted by Gasteiger charge is 2.32. The third-order valence-electron chi connectivity index (χ3n) is 5.31. The summed E-state index contributed by atoms with van der Waals surface area (Å²) in [4.78, 5) is 2.60. The van der Waals surface area contributed by atoms with E-state index in [4.69, 9.17) is 0 Å². The summed E-state index contributed by atoms with van der Waals surface area (Å²) in [5.74, 6) is 0. The van der Waals surface area contributed by atoms with E-state index in [0.29, 0.717) is 18.1 Å². The van der Waals surface area contributed by atoms with Crippen LogP contribution in [0.3, 0.4) is 0 Å². The van der Waals surface area contributed by atoms with Crippen LogP contribution < -0.4 is 5.32 Å². The Morgan fingerprint density at radius 2 is 1.86 bits per heavy atom. The van der Waals surface area contributed by atoms with Crippen molar-refractivity contribution in [3.63, 3.8) is 0 Å². The van der Waals surface area contributed by atoms with Crippen LogP contribution in [-0.4, -0.2) is 48.3 Å². The molecule has 0 spiro atoms. The van der Waals surface area contributed by atoms with Gasteiger partial charge in [0.15, 0.2) is 0 Å². The van der Waals surface area contributed by atoms with Crippen molar-refractivity contribution in [1.82, 2.24) is 10.2 Å². The Bertz CT molecular complexity index is 287. The highest BCUT2D eigenvalue weighted by molar-refractivity contribution is 4.89. The van der Waals surface area contributed by atoms with Gasteiger partial charge in [0.2, 0.25) is 0 Å². The number of nitrogens with zero attached hydrogens (tertiary/aromatic N) is 1. The zero-order valence-electron chi connectivity index (χ0n) is 14.2. The van der Waals surface area contributed by atoms with Gasteiger partial charge in [0, 0.05) is 31.7 Å². The minimum Gasteiger partial charge on any atom is -0.395 e. The SMILES string of the molecule is CCCC(C)(CNC1CC1)CN(CCO)C1CCCCC1. The van der Waals surface area contributed by atoms with Crippen molar-refractivity contribution in [2.24, 2.45) is 5.41 Å². The van der Waals surface area contributed by atoms with Crippen LogP contribution in [0.1, 0.15) is 71.6 Å². The predicted molar refractivity (Wildman–Crippen MR) is 89.6 cm³/mol. The fourth-order valence-corrected chi connectivity index (χ4v) is 3.96. The first kappa shape index (κ1) is 17.2. The second-order valence-electron chi connectivity index (χ2n) is 7.70. The van der Waals surface area contributed by atoms with Crippen LogP contribution in [0.15, 0.2) is 0 Å². The molecule has 21 heavy (non-hydrogen) atoms. The van der Waals surface area contributed by atoms with Crippen LogP contribution >= 0.6 is 0 Å². The van der Waals surface area contributed by atoms with Crippen molar-refractivity contribution >= 4 is 0 Å². The summed E-state index contributed by atoms with van der Waals surface area (Å²) >= 11 is 0. The molecule has 0 aliphatic heterocycles. The van der Waals surface area contributed by atoms with E-state index in [1.807, 2.05) is 0 Å². The number of hydrogen-bond acceptors (Lipinski definition) is 3. The fourth-order valence-electron chi connectivity index (χ4n) is 3.96. The second-order valence-corrected chi connectivity index (χ2v) is 7.70. The zero-order chi connectivity index (χ0) is 15.1. The van der Waals surface area contributed by atoms with E-state index in [1.54, 1.807) is 0 Å². The van der Waals surface area contributed by atoms with Gasteiger partial charge in [0.25, 0.3) is 0 Å². The van der Waals surface area contributed by atoms with Gasteiger partial charge in [-0.1, -0.05) is 39.5 Å². The topological polar surface area (TPSA) is 35.5 Å². The first-order valence-corrected chi connectivity index (χ1v) is 9.25. The van der Waals surface area contributed by atoms with Crippen molar-refractivity contribution in [2.75, 3.05) is 26.2 Å². The average Bonchev–Trinajstić information content (AvgIpc) is 3.30. The third kappa shape index (κ3) is 5.88. The van der Waals surface area contributed by atoms with Gasteiger partial charge in [0.05, 0.1) is 6.61 Å². The van der Waals surface area contributed by atoms with Crippen molar-refractivity contribution in [2.45, 2.75) is 83.7 Å². The zero-order valence-corrected chi connectivity index (χ0v) is 14.2. The number of aliphatic hydroxyl groups is 1. The maximum atomic E-state index is 9.46. The average molecular weight is 296 g/mol. The van der Waals surface area contributed by atoms with Gasteiger partial charge in [-0.25, -0.2) is 0 Å². The van der Waals surface area contributed by atoms with Crippen molar-refractivity contribution < 1.29 is 5.11 Å². The van der Waals surface area contributed by atoms with Crippen molar-refractivity contribution in [3.05, 3.63) is 0 Å². The van der Waals surface area contributed by atoms with E-state index in [9.17, 15) is 5.11 Å². The highest BCUT2D eigenvalue weighted by Crippen LogP contribution is 2.30. The Labute approximate surface area is 131 Å². The molecular formula is C18H36N2O. The molecule has 0 aromatic carbocycles. The second kappa shape index (κ2) is 8.50. The molecule has 3 nitrogen and oxygen atoms in total. The van der Waals surface area contributed by atoms with Crippen LogP contribution in [0.25, 0.3) is 0 Å². The molecule has 1 unspecified atom stereocenters. The molecule has 0 bridgehead atoms. The number of hydrogen-bond donors (Lipinski definition) is 2. The summed E-state index contributed by atoms with van der Waals surface area (Å²) in [5, 5.41) is 13.2. The highest BCUT2D eigenvalue weighted by atomic mass is 16.3. The van der Waals surface area contributed by atoms with E-state index in [0.717, 1.165) is 25.7 Å². The quantitative estimate of drug-likeness (QED) is 0.650. The summed E-state index contributed by atoms with van der Waals surface area (Å²) in [6.07, 6.45) is 12.1. The minimum atomic E-state index is 0.300. The third-order valence-corrected chi connectivity index (χ3v) is 5.31. The molecule has 2 fully saturated rings. The van der Waals surface area contributed by atoms with E-state index < -0.39 is 0 Å². The summed E-state index contributed by atoms with van der Waals surface area (Å²) in [5.41, 5.74) is 0.351. The van der Waals surface area contributed by atoms with E-state index in [2.05, 4.69) is 24.1 Å². The minimum absolute atomic E-state index is 0.300. The number of nitrogens with one attached hydrogen (secondary N) is 1. The summed E-state index contributed by atoms with van der Waals surface area (Å²) in [6.45, 7) is 8.18. The molecule has 2 aliphatic rings. The standard InChI is InChI=1S/C18H36N2O/c1-3-11-18(2,14-19-16-9-10-16)15-20(12-13-21)17-7-5-4-6-8-17/h16-17,19,21H,3-15H2,1-2H3. The summed E-state index contributed by atoms with van der Waals surface area (Å²) in [6, 6.07) is 1.50. The van der Waals surface area contributed by atoms with Gasteiger partial charge < -0.3 is 10.4 Å². The van der Waals surface area contributed by atoms with Gasteiger partial charge in [-0.15, -0.1) is 0 Å². The number of rotatable bonds is 10. The predicted octanol–water partition coefficient (Wildman–Crippen LogP) is 3.17. The largest absolute Gasteiger partial charge is 0.395 e. The van der Waals surface area contributed by atoms with Gasteiger partial charge in [-0.05, 0) is 37.5 Å². The summed E-state index contributed by atoms with van der Waals surface area (Å²) < 4.78 is 0. The molecule has 2 saturated carbocycles. The lowest BCUT2D eigenvalue weighted by Crippen LogP contribution is -2.48. The van der Waals surface area contributed by atoms with E-state index in [-0.39, 0.29) is 0 Å². The molecule has 0 aromatic rings. The van der Waals surface area contributed by atoms with Crippen molar-refractivity contribution in [1.29, 1.82) is 0 Å². The van der Waals surface area contributed by atoms with E-state index >= 15 is 0 Å². The van der Waals surface area contributed by atoms with Crippen LogP contribution in [0.5, 0.6) is 0 Å². The Hall–Kier alpha value is -0.120. The lowest BCUT2D eigenvalue weighted by atomic mass is 9.83. The van der Waals surface area contributed by atoms with Crippen LogP contribution in [0, 0.1) is 5.41 Å². The normalized spacial score (nSPS) is 23.4. The van der Waals surface area contributed by atoms with Crippen LogP contribution in [0.4, 0.5) is 0 Å². The molecule has 3 heteroatoms. The van der Waals surface area contributed by atoms with Gasteiger partial charge in [-0.3, -0.25) is 4.90 Å². The van der Waals surface area contributed by atoms with Gasteiger partial charge in [-0.2, -0.15) is 0 Å². The molecule has 124 valence electrons. The fraction of sp³-hybridized carbons (Fsp3) is 1.00. The van der Waals surface area contributed by atoms with Crippen LogP contribution in [-0.2, 0) is 0 Å². The Morgan fingerprint density at radius 1 is 1.14 bits per heavy atom. The first-order chi connectivity index (χ1) is 10.2. The first-order valence-electron chi connectivity index (χ1n) is 9.25. The van der Waals surface area contributed by atoms with Gasteiger partial charge in [0.1, 0.15) is 0 Å². The summed E-state index contributed by atoms with van der Waals surface area (Å²) in [7, 11) is 0. The number of aliphatic hydroxyl groups excluding tert-OH is 1. The molecule has 0 amide bonds. The Balaban J connectivity index is 1.91. The monoisotopic (exact) mass is 296 g/mol. The van der Waals surface area contributed by atoms with Crippen molar-refractivity contribution in [3.8, 4) is 0 Å². The van der Waals surface area contributed by atoms with Gasteiger partial charge >= 0.3 is 0 Å². The lowest BCUT2D eigenvalue weighted by Gasteiger charge is -2.41. The van der Waals surface area contributed by atoms with E-state index in [1.165, 1.54) is 57.8 Å². The maximum absolute atomic E-state index is 9.46. The van der Waals surface area contributed by atoms with Crippen LogP contribution in [0.2, 0.25) is 0 Å². The molecule has 0 aromatic heterocycles. The lowest BCUT2D eigenvalue weighted by molar-refractivity contribution is 0.0714.